The van der Waals surface area contributed by atoms with Crippen molar-refractivity contribution in [1.29, 1.82) is 0 Å². The standard InChI is InChI=1S/C62H43N/c1-6-20-44(21-7-1)49-30-18-32-54(39-49)63(56-41-52(45-22-8-2-9-23-45)38-53(42-56)46-24-10-3-11-25-46)55-33-19-31-50(40-55)51-36-37-58-57-34-16-17-35-59(57)61(47-26-12-4-13-27-47)62(60(58)43-51)48-28-14-5-15-29-48/h1-43H. The average molecular weight is 802 g/mol. The van der Waals surface area contributed by atoms with E-state index in [0.29, 0.717) is 0 Å². The van der Waals surface area contributed by atoms with Crippen LogP contribution in [0.25, 0.3) is 88.3 Å². The Hall–Kier alpha value is -8.26. The van der Waals surface area contributed by atoms with Gasteiger partial charge in [0, 0.05) is 17.1 Å². The van der Waals surface area contributed by atoms with Crippen LogP contribution in [-0.2, 0) is 0 Å². The molecule has 0 radical (unpaired) electrons. The molecule has 0 aliphatic heterocycles. The van der Waals surface area contributed by atoms with Crippen molar-refractivity contribution in [3.05, 3.63) is 261 Å². The summed E-state index contributed by atoms with van der Waals surface area (Å²) in [7, 11) is 0. The molecule has 11 rings (SSSR count). The molecule has 0 amide bonds. The van der Waals surface area contributed by atoms with E-state index in [4.69, 9.17) is 0 Å². The van der Waals surface area contributed by atoms with Gasteiger partial charge in [0.15, 0.2) is 0 Å². The van der Waals surface area contributed by atoms with Crippen molar-refractivity contribution in [3.8, 4) is 66.8 Å². The highest BCUT2D eigenvalue weighted by molar-refractivity contribution is 6.22. The Bertz CT molecular complexity index is 3300. The molecule has 0 fully saturated rings. The van der Waals surface area contributed by atoms with Crippen molar-refractivity contribution >= 4 is 38.6 Å². The first-order chi connectivity index (χ1) is 31.2. The number of hydrogen-bond donors (Lipinski definition) is 0. The Morgan fingerprint density at radius 2 is 0.524 bits per heavy atom. The zero-order valence-corrected chi connectivity index (χ0v) is 34.8. The van der Waals surface area contributed by atoms with Gasteiger partial charge in [0.25, 0.3) is 0 Å². The maximum atomic E-state index is 2.42. The summed E-state index contributed by atoms with van der Waals surface area (Å²) in [5.41, 5.74) is 17.5. The molecule has 0 aromatic heterocycles. The number of benzene rings is 11. The zero-order chi connectivity index (χ0) is 42.0. The number of hydrogen-bond acceptors (Lipinski definition) is 1. The first-order valence-electron chi connectivity index (χ1n) is 21.7. The van der Waals surface area contributed by atoms with Crippen LogP contribution < -0.4 is 4.90 Å². The molecule has 1 nitrogen and oxygen atoms in total. The van der Waals surface area contributed by atoms with Gasteiger partial charge in [-0.1, -0.05) is 212 Å². The van der Waals surface area contributed by atoms with E-state index in [2.05, 4.69) is 266 Å². The maximum absolute atomic E-state index is 2.42. The van der Waals surface area contributed by atoms with Crippen molar-refractivity contribution in [2.24, 2.45) is 0 Å². The average Bonchev–Trinajstić information content (AvgIpc) is 3.37. The predicted octanol–water partition coefficient (Wildman–Crippen LogP) is 17.5. The fourth-order valence-corrected chi connectivity index (χ4v) is 9.24. The topological polar surface area (TPSA) is 3.24 Å². The van der Waals surface area contributed by atoms with Crippen molar-refractivity contribution < 1.29 is 0 Å². The summed E-state index contributed by atoms with van der Waals surface area (Å²) in [6.07, 6.45) is 0. The van der Waals surface area contributed by atoms with Crippen LogP contribution in [0.15, 0.2) is 261 Å². The second-order valence-electron chi connectivity index (χ2n) is 16.1. The molecule has 0 heterocycles. The molecular formula is C62H43N. The highest BCUT2D eigenvalue weighted by atomic mass is 15.1. The number of fused-ring (bicyclic) bond motifs is 3. The Morgan fingerprint density at radius 1 is 0.175 bits per heavy atom. The van der Waals surface area contributed by atoms with Gasteiger partial charge in [-0.2, -0.15) is 0 Å². The minimum absolute atomic E-state index is 1.08. The smallest absolute Gasteiger partial charge is 0.0473 e. The van der Waals surface area contributed by atoms with Gasteiger partial charge < -0.3 is 4.90 Å². The van der Waals surface area contributed by atoms with Crippen LogP contribution in [0.4, 0.5) is 17.1 Å². The lowest BCUT2D eigenvalue weighted by Crippen LogP contribution is -2.10. The van der Waals surface area contributed by atoms with Crippen LogP contribution in [0, 0.1) is 0 Å². The summed E-state index contributed by atoms with van der Waals surface area (Å²) < 4.78 is 0. The SMILES string of the molecule is c1ccc(-c2cccc(N(c3cccc(-c4ccc5c(c4)c(-c4ccccc4)c(-c4ccccc4)c4ccccc45)c3)c3cc(-c4ccccc4)cc(-c4ccccc4)c3)c2)cc1. The molecular weight excluding hydrogens is 759 g/mol. The normalized spacial score (nSPS) is 11.2. The summed E-state index contributed by atoms with van der Waals surface area (Å²) in [6.45, 7) is 0. The van der Waals surface area contributed by atoms with Crippen LogP contribution >= 0.6 is 0 Å². The van der Waals surface area contributed by atoms with Gasteiger partial charge in [0.2, 0.25) is 0 Å². The lowest BCUT2D eigenvalue weighted by Gasteiger charge is -2.28. The maximum Gasteiger partial charge on any atom is 0.0473 e. The minimum Gasteiger partial charge on any atom is -0.310 e. The molecule has 0 N–H and O–H groups in total. The van der Waals surface area contributed by atoms with E-state index in [1.54, 1.807) is 0 Å². The zero-order valence-electron chi connectivity index (χ0n) is 34.8. The van der Waals surface area contributed by atoms with E-state index < -0.39 is 0 Å². The molecule has 0 aliphatic rings. The van der Waals surface area contributed by atoms with Crippen LogP contribution in [0.1, 0.15) is 0 Å². The molecule has 1 heteroatoms. The third-order valence-electron chi connectivity index (χ3n) is 12.2. The summed E-state index contributed by atoms with van der Waals surface area (Å²) in [4.78, 5) is 2.42. The molecule has 0 bridgehead atoms. The Labute approximate surface area is 369 Å². The fraction of sp³-hybridized carbons (Fsp3) is 0. The monoisotopic (exact) mass is 801 g/mol. The molecule has 0 atom stereocenters. The van der Waals surface area contributed by atoms with E-state index >= 15 is 0 Å². The molecule has 0 aliphatic carbocycles. The molecule has 0 spiro atoms. The van der Waals surface area contributed by atoms with Crippen LogP contribution in [0.2, 0.25) is 0 Å². The second kappa shape index (κ2) is 16.7. The van der Waals surface area contributed by atoms with Crippen LogP contribution in [-0.4, -0.2) is 0 Å². The van der Waals surface area contributed by atoms with Gasteiger partial charge in [-0.05, 0) is 137 Å². The summed E-state index contributed by atoms with van der Waals surface area (Å²) >= 11 is 0. The molecule has 296 valence electrons. The van der Waals surface area contributed by atoms with Crippen molar-refractivity contribution in [2.75, 3.05) is 4.90 Å². The van der Waals surface area contributed by atoms with Crippen molar-refractivity contribution in [3.63, 3.8) is 0 Å². The fourth-order valence-electron chi connectivity index (χ4n) is 9.24. The second-order valence-corrected chi connectivity index (χ2v) is 16.1. The Balaban J connectivity index is 1.14. The Morgan fingerprint density at radius 3 is 1.03 bits per heavy atom. The van der Waals surface area contributed by atoms with Gasteiger partial charge in [-0.3, -0.25) is 0 Å². The molecule has 63 heavy (non-hydrogen) atoms. The highest BCUT2D eigenvalue weighted by Crippen LogP contribution is 2.47. The first-order valence-corrected chi connectivity index (χ1v) is 21.7. The highest BCUT2D eigenvalue weighted by Gasteiger charge is 2.20. The number of anilines is 3. The van der Waals surface area contributed by atoms with E-state index in [9.17, 15) is 0 Å². The summed E-state index contributed by atoms with van der Waals surface area (Å²) in [5.74, 6) is 0. The number of nitrogens with zero attached hydrogens (tertiary/aromatic N) is 1. The van der Waals surface area contributed by atoms with Gasteiger partial charge in [-0.25, -0.2) is 0 Å². The third kappa shape index (κ3) is 7.37. The van der Waals surface area contributed by atoms with Gasteiger partial charge in [0.1, 0.15) is 0 Å². The van der Waals surface area contributed by atoms with Crippen LogP contribution in [0.3, 0.4) is 0 Å². The summed E-state index contributed by atoms with van der Waals surface area (Å²) in [5, 5.41) is 4.99. The lowest BCUT2D eigenvalue weighted by molar-refractivity contribution is 1.28. The molecule has 0 saturated carbocycles. The van der Waals surface area contributed by atoms with Gasteiger partial charge in [-0.15, -0.1) is 0 Å². The third-order valence-corrected chi connectivity index (χ3v) is 12.2. The van der Waals surface area contributed by atoms with E-state index in [-0.39, 0.29) is 0 Å². The van der Waals surface area contributed by atoms with Crippen molar-refractivity contribution in [1.82, 2.24) is 0 Å². The first kappa shape index (κ1) is 37.7. The largest absolute Gasteiger partial charge is 0.310 e. The predicted molar refractivity (Wildman–Crippen MR) is 269 cm³/mol. The molecule has 11 aromatic carbocycles. The van der Waals surface area contributed by atoms with Gasteiger partial charge in [0.05, 0.1) is 0 Å². The van der Waals surface area contributed by atoms with Crippen LogP contribution in [0.5, 0.6) is 0 Å². The minimum atomic E-state index is 1.08. The molecule has 0 unspecified atom stereocenters. The van der Waals surface area contributed by atoms with E-state index in [1.807, 2.05) is 0 Å². The quantitative estimate of drug-likeness (QED) is 0.131. The van der Waals surface area contributed by atoms with E-state index in [1.165, 1.54) is 66.1 Å². The van der Waals surface area contributed by atoms with E-state index in [0.717, 1.165) is 39.3 Å². The van der Waals surface area contributed by atoms with Crippen molar-refractivity contribution in [2.45, 2.75) is 0 Å². The van der Waals surface area contributed by atoms with Gasteiger partial charge >= 0.3 is 0 Å². The molecule has 11 aromatic rings. The Kier molecular flexibility index (Phi) is 9.97. The number of rotatable bonds is 9. The molecule has 0 saturated heterocycles. The summed E-state index contributed by atoms with van der Waals surface area (Å²) in [6, 6.07) is 94.7. The lowest BCUT2D eigenvalue weighted by atomic mass is 9.84.